The molecule has 0 unspecified atom stereocenters. The lowest BCUT2D eigenvalue weighted by molar-refractivity contribution is -0.140. The number of rotatable bonds is 12. The predicted octanol–water partition coefficient (Wildman–Crippen LogP) is 5.31. The number of hydrogen-bond acceptors (Lipinski definition) is 4. The number of benzene rings is 3. The van der Waals surface area contributed by atoms with Crippen molar-refractivity contribution in [3.8, 4) is 0 Å². The Kier molecular flexibility index (Phi) is 11.0. The fraction of sp³-hybridized carbons (Fsp3) is 0.310. The van der Waals surface area contributed by atoms with E-state index in [1.807, 2.05) is 44.2 Å². The smallest absolute Gasteiger partial charge is 0.244 e. The molecule has 0 radical (unpaired) electrons. The molecule has 0 bridgehead atoms. The normalized spacial score (nSPS) is 12.2. The van der Waals surface area contributed by atoms with Crippen molar-refractivity contribution in [3.63, 3.8) is 0 Å². The number of nitrogens with one attached hydrogen (secondary N) is 1. The van der Waals surface area contributed by atoms with Crippen LogP contribution in [0.15, 0.2) is 72.8 Å². The second-order valence-electron chi connectivity index (χ2n) is 9.81. The van der Waals surface area contributed by atoms with Crippen LogP contribution >= 0.6 is 23.2 Å². The van der Waals surface area contributed by atoms with Crippen molar-refractivity contribution in [2.75, 3.05) is 23.7 Å². The second kappa shape index (κ2) is 14.0. The summed E-state index contributed by atoms with van der Waals surface area (Å²) in [7, 11) is -3.96. The molecule has 7 nitrogen and oxygen atoms in total. The minimum absolute atomic E-state index is 0.108. The number of sulfonamides is 1. The van der Waals surface area contributed by atoms with Crippen LogP contribution in [0.3, 0.4) is 0 Å². The SMILES string of the molecule is CC(C)CNC(=O)[C@@H](Cc1ccccc1)N(Cc1c(Cl)cccc1Cl)C(=O)CN(c1ccc(F)cc1)S(C)(=O)=O. The van der Waals surface area contributed by atoms with Crippen molar-refractivity contribution in [2.24, 2.45) is 5.92 Å². The monoisotopic (exact) mass is 607 g/mol. The van der Waals surface area contributed by atoms with Crippen LogP contribution < -0.4 is 9.62 Å². The first kappa shape index (κ1) is 31.4. The molecular weight excluding hydrogens is 576 g/mol. The van der Waals surface area contributed by atoms with Gasteiger partial charge in [-0.25, -0.2) is 12.8 Å². The molecule has 1 N–H and O–H groups in total. The third-order valence-electron chi connectivity index (χ3n) is 6.14. The van der Waals surface area contributed by atoms with E-state index in [4.69, 9.17) is 23.2 Å². The fourth-order valence-electron chi connectivity index (χ4n) is 4.05. The van der Waals surface area contributed by atoms with Crippen molar-refractivity contribution < 1.29 is 22.4 Å². The van der Waals surface area contributed by atoms with Gasteiger partial charge in [0.15, 0.2) is 0 Å². The number of hydrogen-bond donors (Lipinski definition) is 1. The van der Waals surface area contributed by atoms with Crippen LogP contribution in [-0.2, 0) is 32.6 Å². The van der Waals surface area contributed by atoms with Gasteiger partial charge >= 0.3 is 0 Å². The van der Waals surface area contributed by atoms with Crippen molar-refractivity contribution in [3.05, 3.63) is 99.8 Å². The van der Waals surface area contributed by atoms with E-state index in [2.05, 4.69) is 5.32 Å². The summed E-state index contributed by atoms with van der Waals surface area (Å²) in [5.74, 6) is -1.46. The molecule has 0 saturated heterocycles. The van der Waals surface area contributed by atoms with Gasteiger partial charge in [0.05, 0.1) is 11.9 Å². The fourth-order valence-corrected chi connectivity index (χ4v) is 5.42. The van der Waals surface area contributed by atoms with Gasteiger partial charge in [0.2, 0.25) is 21.8 Å². The molecule has 0 aliphatic carbocycles. The van der Waals surface area contributed by atoms with Gasteiger partial charge in [-0.3, -0.25) is 13.9 Å². The second-order valence-corrected chi connectivity index (χ2v) is 12.5. The molecule has 0 aromatic heterocycles. The Morgan fingerprint density at radius 1 is 0.925 bits per heavy atom. The molecule has 11 heteroatoms. The van der Waals surface area contributed by atoms with Gasteiger partial charge in [-0.1, -0.05) is 73.4 Å². The number of carbonyl (C=O) groups excluding carboxylic acids is 2. The van der Waals surface area contributed by atoms with Gasteiger partial charge in [0, 0.05) is 35.1 Å². The van der Waals surface area contributed by atoms with Crippen molar-refractivity contribution in [1.29, 1.82) is 0 Å². The Morgan fingerprint density at radius 2 is 1.52 bits per heavy atom. The van der Waals surface area contributed by atoms with Gasteiger partial charge in [-0.2, -0.15) is 0 Å². The lowest BCUT2D eigenvalue weighted by Crippen LogP contribution is -2.53. The van der Waals surface area contributed by atoms with E-state index in [1.165, 1.54) is 17.0 Å². The first-order valence-corrected chi connectivity index (χ1v) is 15.2. The minimum Gasteiger partial charge on any atom is -0.354 e. The lowest BCUT2D eigenvalue weighted by atomic mass is 10.0. The average Bonchev–Trinajstić information content (AvgIpc) is 2.89. The van der Waals surface area contributed by atoms with Crippen LogP contribution in [0.25, 0.3) is 0 Å². The van der Waals surface area contributed by atoms with Crippen LogP contribution in [0.4, 0.5) is 10.1 Å². The number of carbonyl (C=O) groups is 2. The largest absolute Gasteiger partial charge is 0.354 e. The van der Waals surface area contributed by atoms with E-state index in [0.29, 0.717) is 22.2 Å². The zero-order chi connectivity index (χ0) is 29.4. The van der Waals surface area contributed by atoms with Crippen LogP contribution in [0.5, 0.6) is 0 Å². The lowest BCUT2D eigenvalue weighted by Gasteiger charge is -2.34. The first-order valence-electron chi connectivity index (χ1n) is 12.6. The highest BCUT2D eigenvalue weighted by Gasteiger charge is 2.33. The summed E-state index contributed by atoms with van der Waals surface area (Å²) in [4.78, 5) is 28.9. The molecule has 0 saturated carbocycles. The summed E-state index contributed by atoms with van der Waals surface area (Å²) in [5.41, 5.74) is 1.33. The van der Waals surface area contributed by atoms with Crippen LogP contribution in [0.1, 0.15) is 25.0 Å². The molecule has 0 spiro atoms. The molecule has 0 aliphatic heterocycles. The minimum atomic E-state index is -3.96. The molecule has 0 heterocycles. The molecule has 3 aromatic rings. The van der Waals surface area contributed by atoms with Crippen molar-refractivity contribution in [2.45, 2.75) is 32.9 Å². The summed E-state index contributed by atoms with van der Waals surface area (Å²) in [6, 6.07) is 17.8. The maximum Gasteiger partial charge on any atom is 0.244 e. The molecule has 0 aliphatic rings. The number of amides is 2. The third kappa shape index (κ3) is 8.68. The van der Waals surface area contributed by atoms with E-state index >= 15 is 0 Å². The zero-order valence-electron chi connectivity index (χ0n) is 22.5. The van der Waals surface area contributed by atoms with E-state index in [-0.39, 0.29) is 24.6 Å². The highest BCUT2D eigenvalue weighted by Crippen LogP contribution is 2.28. The highest BCUT2D eigenvalue weighted by atomic mass is 35.5. The van der Waals surface area contributed by atoms with Gasteiger partial charge in [0.25, 0.3) is 0 Å². The molecule has 3 aromatic carbocycles. The Balaban J connectivity index is 2.08. The molecule has 40 heavy (non-hydrogen) atoms. The average molecular weight is 609 g/mol. The summed E-state index contributed by atoms with van der Waals surface area (Å²) >= 11 is 12.9. The van der Waals surface area contributed by atoms with E-state index in [0.717, 1.165) is 28.3 Å². The number of halogens is 3. The maximum absolute atomic E-state index is 14.0. The number of anilines is 1. The van der Waals surface area contributed by atoms with Crippen molar-refractivity contribution in [1.82, 2.24) is 10.2 Å². The number of nitrogens with zero attached hydrogens (tertiary/aromatic N) is 2. The maximum atomic E-state index is 14.0. The quantitative estimate of drug-likeness (QED) is 0.302. The van der Waals surface area contributed by atoms with E-state index < -0.39 is 40.2 Å². The van der Waals surface area contributed by atoms with Crippen LogP contribution in [0, 0.1) is 11.7 Å². The van der Waals surface area contributed by atoms with Gasteiger partial charge in [-0.05, 0) is 47.9 Å². The van der Waals surface area contributed by atoms with Gasteiger partial charge in [0.1, 0.15) is 18.4 Å². The molecule has 0 fully saturated rings. The summed E-state index contributed by atoms with van der Waals surface area (Å²) in [5, 5.41) is 3.49. The summed E-state index contributed by atoms with van der Waals surface area (Å²) in [6.45, 7) is 3.50. The van der Waals surface area contributed by atoms with Gasteiger partial charge in [-0.15, -0.1) is 0 Å². The van der Waals surface area contributed by atoms with Gasteiger partial charge < -0.3 is 10.2 Å². The van der Waals surface area contributed by atoms with Crippen LogP contribution in [-0.4, -0.2) is 50.5 Å². The molecule has 1 atom stereocenters. The first-order chi connectivity index (χ1) is 18.9. The van der Waals surface area contributed by atoms with Crippen LogP contribution in [0.2, 0.25) is 10.0 Å². The Bertz CT molecular complexity index is 1400. The Hall–Kier alpha value is -3.14. The summed E-state index contributed by atoms with van der Waals surface area (Å²) < 4.78 is 40.0. The standard InChI is InChI=1S/C29H32Cl2FN3O4S/c1-20(2)17-33-29(37)27(16-21-8-5-4-6-9-21)34(18-24-25(30)10-7-11-26(24)31)28(36)19-35(40(3,38)39)23-14-12-22(32)13-15-23/h4-15,20,27H,16-19H2,1-3H3,(H,33,37)/t27-/m1/s1. The van der Waals surface area contributed by atoms with E-state index in [1.54, 1.807) is 18.2 Å². The molecule has 3 rings (SSSR count). The Labute approximate surface area is 244 Å². The predicted molar refractivity (Wildman–Crippen MR) is 157 cm³/mol. The molecular formula is C29H32Cl2FN3O4S. The summed E-state index contributed by atoms with van der Waals surface area (Å²) in [6.07, 6.45) is 1.11. The third-order valence-corrected chi connectivity index (χ3v) is 7.99. The van der Waals surface area contributed by atoms with Crippen molar-refractivity contribution >= 4 is 50.7 Å². The molecule has 2 amide bonds. The topological polar surface area (TPSA) is 86.8 Å². The Morgan fingerprint density at radius 3 is 2.08 bits per heavy atom. The highest BCUT2D eigenvalue weighted by molar-refractivity contribution is 7.92. The zero-order valence-corrected chi connectivity index (χ0v) is 24.8. The van der Waals surface area contributed by atoms with E-state index in [9.17, 15) is 22.4 Å². The molecule has 214 valence electrons.